The molecule has 9 heteroatoms. The first-order chi connectivity index (χ1) is 16.3. The van der Waals surface area contributed by atoms with E-state index in [1.807, 2.05) is 0 Å². The van der Waals surface area contributed by atoms with Gasteiger partial charge in [0.1, 0.15) is 6.61 Å². The summed E-state index contributed by atoms with van der Waals surface area (Å²) >= 11 is 0. The summed E-state index contributed by atoms with van der Waals surface area (Å²) in [5.74, 6) is -2.98. The lowest BCUT2D eigenvalue weighted by molar-refractivity contribution is -0.195. The fourth-order valence-electron chi connectivity index (χ4n) is 2.29. The first-order valence-electron chi connectivity index (χ1n) is 12.7. The third-order valence-electron chi connectivity index (χ3n) is 3.68. The Kier molecular flexibility index (Phi) is 11.7. The van der Waals surface area contributed by atoms with Crippen LogP contribution in [-0.4, -0.2) is 60.5 Å². The molecule has 0 aromatic rings. The Labute approximate surface area is 184 Å². The average molecular weight is 437 g/mol. The van der Waals surface area contributed by atoms with Gasteiger partial charge in [0.05, 0.1) is 6.61 Å². The molecule has 0 fully saturated rings. The Hall–Kier alpha value is -2.16. The second kappa shape index (κ2) is 16.6. The largest absolute Gasteiger partial charge is 0.462 e. The molecular formula is C21H36O9. The van der Waals surface area contributed by atoms with Gasteiger partial charge in [-0.15, -0.1) is 0 Å². The zero-order valence-electron chi connectivity index (χ0n) is 21.3. The van der Waals surface area contributed by atoms with Gasteiger partial charge in [-0.2, -0.15) is 0 Å². The molecule has 0 aliphatic heterocycles. The summed E-state index contributed by atoms with van der Waals surface area (Å²) in [5, 5.41) is 9.85. The monoisotopic (exact) mass is 436 g/mol. The number of hydrogen-bond acceptors (Lipinski definition) is 9. The molecule has 0 radical (unpaired) electrons. The number of carbonyl (C=O) groups excluding carboxylic acids is 4. The van der Waals surface area contributed by atoms with E-state index in [4.69, 9.17) is 24.4 Å². The fraction of sp³-hybridized carbons (Fsp3) is 0.810. The third-order valence-corrected chi connectivity index (χ3v) is 3.68. The zero-order valence-corrected chi connectivity index (χ0v) is 17.3. The number of hydrogen-bond donors (Lipinski definition) is 1. The zero-order chi connectivity index (χ0) is 25.8. The molecule has 0 unspecified atom stereocenters. The number of rotatable bonds is 16. The van der Waals surface area contributed by atoms with Gasteiger partial charge in [0.15, 0.2) is 18.3 Å². The lowest BCUT2D eigenvalue weighted by atomic mass is 10.1. The van der Waals surface area contributed by atoms with E-state index in [-0.39, 0.29) is 79.0 Å². The lowest BCUT2D eigenvalue weighted by Gasteiger charge is -2.31. The highest BCUT2D eigenvalue weighted by Crippen LogP contribution is 2.17. The maximum Gasteiger partial charge on any atom is 0.306 e. The molecule has 0 spiro atoms. The van der Waals surface area contributed by atoms with Crippen LogP contribution in [0.25, 0.3) is 0 Å². The van der Waals surface area contributed by atoms with E-state index >= 15 is 0 Å². The summed E-state index contributed by atoms with van der Waals surface area (Å²) in [6.07, 6.45) is -3.95. The third kappa shape index (κ3) is 11.7. The van der Waals surface area contributed by atoms with Crippen LogP contribution >= 0.6 is 0 Å². The Balaban J connectivity index is 5.73. The molecule has 0 saturated heterocycles. The topological polar surface area (TPSA) is 125 Å². The van der Waals surface area contributed by atoms with E-state index in [0.29, 0.717) is 0 Å². The number of aliphatic hydroxyl groups excluding tert-OH is 1. The molecular weight excluding hydrogens is 396 g/mol. The maximum absolute atomic E-state index is 12.3. The van der Waals surface area contributed by atoms with E-state index in [9.17, 15) is 24.3 Å². The van der Waals surface area contributed by atoms with Crippen LogP contribution in [0.5, 0.6) is 0 Å². The van der Waals surface area contributed by atoms with Gasteiger partial charge in [0, 0.05) is 31.2 Å². The Bertz CT molecular complexity index is 607. The van der Waals surface area contributed by atoms with Gasteiger partial charge in [0.25, 0.3) is 0 Å². The van der Waals surface area contributed by atoms with Crippen molar-refractivity contribution in [3.63, 3.8) is 0 Å². The van der Waals surface area contributed by atoms with E-state index < -0.39 is 55.4 Å². The highest BCUT2D eigenvalue weighted by molar-refractivity contribution is 5.72. The van der Waals surface area contributed by atoms with Crippen LogP contribution in [0.3, 0.4) is 0 Å². The van der Waals surface area contributed by atoms with Crippen molar-refractivity contribution in [2.45, 2.75) is 97.3 Å². The van der Waals surface area contributed by atoms with Crippen molar-refractivity contribution in [3.8, 4) is 0 Å². The van der Waals surface area contributed by atoms with Crippen molar-refractivity contribution in [3.05, 3.63) is 0 Å². The van der Waals surface area contributed by atoms with E-state index in [0.717, 1.165) is 0 Å². The van der Waals surface area contributed by atoms with Crippen molar-refractivity contribution in [2.24, 2.45) is 0 Å². The molecule has 1 N–H and O–H groups in total. The summed E-state index contributed by atoms with van der Waals surface area (Å²) in [5.41, 5.74) is 0. The van der Waals surface area contributed by atoms with Gasteiger partial charge in [-0.3, -0.25) is 19.2 Å². The lowest BCUT2D eigenvalue weighted by Crippen LogP contribution is -2.49. The van der Waals surface area contributed by atoms with Crippen LogP contribution in [0, 0.1) is 0 Å². The Morgan fingerprint density at radius 3 is 1.60 bits per heavy atom. The highest BCUT2D eigenvalue weighted by atomic mass is 16.6. The number of aliphatic hydroxyl groups is 1. The number of esters is 4. The van der Waals surface area contributed by atoms with Gasteiger partial charge >= 0.3 is 23.9 Å². The molecule has 3 atom stereocenters. The van der Waals surface area contributed by atoms with Crippen molar-refractivity contribution < 1.29 is 48.7 Å². The SMILES string of the molecule is [2H]CCCC(=O)OC[C@H](OC(=O)CCC[2H])[C@H](OC(=O)CCC[2H])[C@@H](CO)OC(=O)CCC[2H]. The van der Waals surface area contributed by atoms with Crippen molar-refractivity contribution >= 4 is 23.9 Å². The minimum atomic E-state index is -1.51. The first kappa shape index (κ1) is 21.1. The van der Waals surface area contributed by atoms with E-state index in [1.54, 1.807) is 0 Å². The first-order valence-corrected chi connectivity index (χ1v) is 9.84. The maximum atomic E-state index is 12.3. The highest BCUT2D eigenvalue weighted by Gasteiger charge is 2.38. The van der Waals surface area contributed by atoms with E-state index in [1.165, 1.54) is 0 Å². The minimum absolute atomic E-state index is 0.0116. The molecule has 0 saturated carbocycles. The van der Waals surface area contributed by atoms with Crippen molar-refractivity contribution in [1.29, 1.82) is 0 Å². The Morgan fingerprint density at radius 1 is 0.700 bits per heavy atom. The molecule has 0 rings (SSSR count). The van der Waals surface area contributed by atoms with Crippen LogP contribution < -0.4 is 0 Å². The number of ether oxygens (including phenoxy) is 4. The minimum Gasteiger partial charge on any atom is -0.462 e. The molecule has 30 heavy (non-hydrogen) atoms. The second-order valence-electron chi connectivity index (χ2n) is 6.29. The molecule has 0 aliphatic rings. The normalized spacial score (nSPS) is 15.4. The van der Waals surface area contributed by atoms with Crippen molar-refractivity contribution in [1.82, 2.24) is 0 Å². The van der Waals surface area contributed by atoms with Gasteiger partial charge in [-0.05, 0) is 25.7 Å². The van der Waals surface area contributed by atoms with E-state index in [2.05, 4.69) is 0 Å². The molecule has 174 valence electrons. The quantitative estimate of drug-likeness (QED) is 0.287. The summed E-state index contributed by atoms with van der Waals surface area (Å²) in [7, 11) is 0. The number of carbonyl (C=O) groups is 4. The van der Waals surface area contributed by atoms with Gasteiger partial charge in [-0.25, -0.2) is 0 Å². The van der Waals surface area contributed by atoms with Crippen LogP contribution in [0.2, 0.25) is 0 Å². The van der Waals surface area contributed by atoms with Gasteiger partial charge in [-0.1, -0.05) is 27.6 Å². The summed E-state index contributed by atoms with van der Waals surface area (Å²) in [6, 6.07) is 0. The van der Waals surface area contributed by atoms with Crippen molar-refractivity contribution in [2.75, 3.05) is 13.2 Å². The van der Waals surface area contributed by atoms with Gasteiger partial charge in [0.2, 0.25) is 0 Å². The van der Waals surface area contributed by atoms with Crippen LogP contribution in [0.4, 0.5) is 0 Å². The molecule has 0 amide bonds. The summed E-state index contributed by atoms with van der Waals surface area (Å²) in [4.78, 5) is 48.5. The van der Waals surface area contributed by atoms with Crippen LogP contribution in [-0.2, 0) is 38.1 Å². The molecule has 0 aromatic heterocycles. The molecule has 0 aromatic carbocycles. The smallest absolute Gasteiger partial charge is 0.306 e. The summed E-state index contributed by atoms with van der Waals surface area (Å²) in [6.45, 7) is -1.42. The molecule has 0 heterocycles. The standard InChI is InChI=1S/C21H36O9/c1-5-9-17(23)27-14-16(29-19(25)11-7-3)21(30-20(26)12-8-4)15(13-22)28-18(24)10-6-2/h15-16,21-22H,5-14H2,1-4H3/t15-,16+,21-/m1/s1/i1D,2D,3D,4D. The van der Waals surface area contributed by atoms with Crippen LogP contribution in [0.15, 0.2) is 0 Å². The molecule has 0 aliphatic carbocycles. The fourth-order valence-corrected chi connectivity index (χ4v) is 2.29. The van der Waals surface area contributed by atoms with Crippen LogP contribution in [0.1, 0.15) is 84.4 Å². The molecule has 0 bridgehead atoms. The van der Waals surface area contributed by atoms with Gasteiger partial charge < -0.3 is 24.1 Å². The second-order valence-corrected chi connectivity index (χ2v) is 6.29. The predicted octanol–water partition coefficient (Wildman–Crippen LogP) is 2.46. The predicted molar refractivity (Wildman–Crippen MR) is 107 cm³/mol. The molecule has 9 nitrogen and oxygen atoms in total. The average Bonchev–Trinajstić information content (AvgIpc) is 2.83. The summed E-state index contributed by atoms with van der Waals surface area (Å²) < 4.78 is 49.6. The Morgan fingerprint density at radius 2 is 1.13 bits per heavy atom.